The highest BCUT2D eigenvalue weighted by Gasteiger charge is 2.11. The molecule has 0 spiro atoms. The van der Waals surface area contributed by atoms with E-state index in [1.165, 1.54) is 7.11 Å². The van der Waals surface area contributed by atoms with Gasteiger partial charge in [-0.2, -0.15) is 5.10 Å². The highest BCUT2D eigenvalue weighted by atomic mass is 16.5. The fourth-order valence-electron chi connectivity index (χ4n) is 2.96. The Balaban J connectivity index is 1.60. The van der Waals surface area contributed by atoms with Crippen molar-refractivity contribution in [2.75, 3.05) is 47.4 Å². The second-order valence-electron chi connectivity index (χ2n) is 6.89. The third-order valence-corrected chi connectivity index (χ3v) is 4.81. The molecule has 1 fully saturated rings. The van der Waals surface area contributed by atoms with Gasteiger partial charge in [0.15, 0.2) is 11.5 Å². The summed E-state index contributed by atoms with van der Waals surface area (Å²) in [5.74, 6) is 0.952. The zero-order chi connectivity index (χ0) is 20.6. The van der Waals surface area contributed by atoms with Gasteiger partial charge in [0.1, 0.15) is 6.61 Å². The summed E-state index contributed by atoms with van der Waals surface area (Å²) < 4.78 is 16.1. The number of rotatable bonds is 7. The summed E-state index contributed by atoms with van der Waals surface area (Å²) in [6.45, 7) is 4.27. The van der Waals surface area contributed by atoms with Gasteiger partial charge in [0.25, 0.3) is 0 Å². The monoisotopic (exact) mass is 397 g/mol. The standard InChI is InChI=1S/C22H27N3O4/c1-24-10-12-25(13-11-24)23-15-18-6-9-20(21(14-18)27-2)29-16-17-4-7-19(8-5-17)22(26)28-3/h4-9,14-15H,10-13,16H2,1-3H3. The molecule has 3 rings (SSSR count). The Morgan fingerprint density at radius 2 is 1.76 bits per heavy atom. The SMILES string of the molecule is COC(=O)c1ccc(COc2ccc(C=NN3CCN(C)CC3)cc2OC)cc1. The third-order valence-electron chi connectivity index (χ3n) is 4.81. The van der Waals surface area contributed by atoms with Crippen LogP contribution in [0.2, 0.25) is 0 Å². The molecule has 0 amide bonds. The summed E-state index contributed by atoms with van der Waals surface area (Å²) in [7, 11) is 5.11. The van der Waals surface area contributed by atoms with Crippen molar-refractivity contribution < 1.29 is 19.0 Å². The first-order valence-corrected chi connectivity index (χ1v) is 9.54. The number of carbonyl (C=O) groups excluding carboxylic acids is 1. The molecule has 29 heavy (non-hydrogen) atoms. The van der Waals surface area contributed by atoms with Crippen molar-refractivity contribution in [3.8, 4) is 11.5 Å². The molecule has 154 valence electrons. The van der Waals surface area contributed by atoms with Gasteiger partial charge in [-0.3, -0.25) is 5.01 Å². The maximum atomic E-state index is 11.5. The first-order valence-electron chi connectivity index (χ1n) is 9.54. The van der Waals surface area contributed by atoms with Crippen LogP contribution in [0.1, 0.15) is 21.5 Å². The Morgan fingerprint density at radius 1 is 1.03 bits per heavy atom. The van der Waals surface area contributed by atoms with Crippen molar-refractivity contribution in [2.24, 2.45) is 5.10 Å². The average Bonchev–Trinajstić information content (AvgIpc) is 2.77. The van der Waals surface area contributed by atoms with Gasteiger partial charge in [0, 0.05) is 26.2 Å². The van der Waals surface area contributed by atoms with Crippen LogP contribution < -0.4 is 9.47 Å². The molecule has 2 aromatic rings. The zero-order valence-electron chi connectivity index (χ0n) is 17.1. The van der Waals surface area contributed by atoms with E-state index in [0.29, 0.717) is 23.7 Å². The molecule has 7 nitrogen and oxygen atoms in total. The second kappa shape index (κ2) is 9.93. The van der Waals surface area contributed by atoms with Gasteiger partial charge < -0.3 is 19.1 Å². The Hall–Kier alpha value is -3.06. The van der Waals surface area contributed by atoms with Gasteiger partial charge >= 0.3 is 5.97 Å². The number of esters is 1. The molecule has 1 aliphatic heterocycles. The number of ether oxygens (including phenoxy) is 3. The molecule has 1 heterocycles. The van der Waals surface area contributed by atoms with Crippen LogP contribution in [0, 0.1) is 0 Å². The zero-order valence-corrected chi connectivity index (χ0v) is 17.1. The predicted molar refractivity (Wildman–Crippen MR) is 112 cm³/mol. The van der Waals surface area contributed by atoms with E-state index in [1.807, 2.05) is 36.5 Å². The number of benzene rings is 2. The fraction of sp³-hybridized carbons (Fsp3) is 0.364. The Labute approximate surface area is 171 Å². The van der Waals surface area contributed by atoms with Gasteiger partial charge in [-0.15, -0.1) is 0 Å². The van der Waals surface area contributed by atoms with Gasteiger partial charge in [0.2, 0.25) is 0 Å². The van der Waals surface area contributed by atoms with Gasteiger partial charge in [-0.25, -0.2) is 4.79 Å². The summed E-state index contributed by atoms with van der Waals surface area (Å²) in [6, 6.07) is 12.9. The molecule has 0 aliphatic carbocycles. The minimum absolute atomic E-state index is 0.354. The number of hydrogen-bond donors (Lipinski definition) is 0. The van der Waals surface area contributed by atoms with E-state index in [4.69, 9.17) is 14.2 Å². The largest absolute Gasteiger partial charge is 0.493 e. The molecule has 1 aliphatic rings. The first kappa shape index (κ1) is 20.7. The number of piperazine rings is 1. The van der Waals surface area contributed by atoms with Gasteiger partial charge in [-0.1, -0.05) is 12.1 Å². The molecule has 0 atom stereocenters. The fourth-order valence-corrected chi connectivity index (χ4v) is 2.96. The quantitative estimate of drug-likeness (QED) is 0.529. The van der Waals surface area contributed by atoms with Crippen molar-refractivity contribution in [3.05, 3.63) is 59.2 Å². The van der Waals surface area contributed by atoms with Crippen LogP contribution in [0.4, 0.5) is 0 Å². The van der Waals surface area contributed by atoms with Crippen LogP contribution in [-0.2, 0) is 11.3 Å². The topological polar surface area (TPSA) is 63.6 Å². The van der Waals surface area contributed by atoms with E-state index in [-0.39, 0.29) is 5.97 Å². The summed E-state index contributed by atoms with van der Waals surface area (Å²) in [4.78, 5) is 13.8. The summed E-state index contributed by atoms with van der Waals surface area (Å²) in [5.41, 5.74) is 2.41. The molecule has 0 N–H and O–H groups in total. The molecule has 7 heteroatoms. The molecule has 0 unspecified atom stereocenters. The van der Waals surface area contributed by atoms with Crippen molar-refractivity contribution in [1.82, 2.24) is 9.91 Å². The minimum atomic E-state index is -0.354. The Bertz CT molecular complexity index is 844. The normalized spacial score (nSPS) is 14.8. The second-order valence-corrected chi connectivity index (χ2v) is 6.89. The minimum Gasteiger partial charge on any atom is -0.493 e. The van der Waals surface area contributed by atoms with E-state index in [0.717, 1.165) is 37.3 Å². The highest BCUT2D eigenvalue weighted by Crippen LogP contribution is 2.28. The first-order chi connectivity index (χ1) is 14.1. The van der Waals surface area contributed by atoms with E-state index in [2.05, 4.69) is 22.1 Å². The summed E-state index contributed by atoms with van der Waals surface area (Å²) >= 11 is 0. The lowest BCUT2D eigenvalue weighted by atomic mass is 10.1. The average molecular weight is 397 g/mol. The Morgan fingerprint density at radius 3 is 2.41 bits per heavy atom. The van der Waals surface area contributed by atoms with E-state index in [1.54, 1.807) is 19.2 Å². The Kier molecular flexibility index (Phi) is 7.08. The molecule has 0 aromatic heterocycles. The van der Waals surface area contributed by atoms with E-state index >= 15 is 0 Å². The lowest BCUT2D eigenvalue weighted by Crippen LogP contribution is -2.41. The van der Waals surface area contributed by atoms with Gasteiger partial charge in [-0.05, 0) is 48.5 Å². The molecular formula is C22H27N3O4. The van der Waals surface area contributed by atoms with Crippen molar-refractivity contribution in [3.63, 3.8) is 0 Å². The third kappa shape index (κ3) is 5.71. The van der Waals surface area contributed by atoms with E-state index in [9.17, 15) is 4.79 Å². The number of methoxy groups -OCH3 is 2. The smallest absolute Gasteiger partial charge is 0.337 e. The number of carbonyl (C=O) groups is 1. The lowest BCUT2D eigenvalue weighted by molar-refractivity contribution is 0.0600. The molecule has 1 saturated heterocycles. The number of hydrazone groups is 1. The maximum Gasteiger partial charge on any atom is 0.337 e. The number of likely N-dealkylation sites (N-methyl/N-ethyl adjacent to an activating group) is 1. The number of hydrogen-bond acceptors (Lipinski definition) is 7. The molecule has 2 aromatic carbocycles. The van der Waals surface area contributed by atoms with Crippen LogP contribution in [0.3, 0.4) is 0 Å². The maximum absolute atomic E-state index is 11.5. The summed E-state index contributed by atoms with van der Waals surface area (Å²) in [6.07, 6.45) is 1.85. The van der Waals surface area contributed by atoms with Crippen molar-refractivity contribution in [2.45, 2.75) is 6.61 Å². The van der Waals surface area contributed by atoms with Crippen LogP contribution >= 0.6 is 0 Å². The number of nitrogens with zero attached hydrogens (tertiary/aromatic N) is 3. The van der Waals surface area contributed by atoms with E-state index < -0.39 is 0 Å². The van der Waals surface area contributed by atoms with Crippen LogP contribution in [0.5, 0.6) is 11.5 Å². The van der Waals surface area contributed by atoms with Crippen molar-refractivity contribution in [1.29, 1.82) is 0 Å². The van der Waals surface area contributed by atoms with Crippen LogP contribution in [0.25, 0.3) is 0 Å². The summed E-state index contributed by atoms with van der Waals surface area (Å²) in [5, 5.41) is 6.64. The lowest BCUT2D eigenvalue weighted by Gasteiger charge is -2.30. The molecule has 0 bridgehead atoms. The predicted octanol–water partition coefficient (Wildman–Crippen LogP) is 2.64. The van der Waals surface area contributed by atoms with Crippen LogP contribution in [0.15, 0.2) is 47.6 Å². The molecule has 0 saturated carbocycles. The molecule has 0 radical (unpaired) electrons. The molecular weight excluding hydrogens is 370 g/mol. The van der Waals surface area contributed by atoms with Crippen LogP contribution in [-0.4, -0.2) is 69.5 Å². The highest BCUT2D eigenvalue weighted by molar-refractivity contribution is 5.89. The van der Waals surface area contributed by atoms with Gasteiger partial charge in [0.05, 0.1) is 26.0 Å². The van der Waals surface area contributed by atoms with Crippen molar-refractivity contribution >= 4 is 12.2 Å².